The monoisotopic (exact) mass is 410 g/mol. The highest BCUT2D eigenvalue weighted by Crippen LogP contribution is 2.35. The Morgan fingerprint density at radius 3 is 2.71 bits per heavy atom. The molecule has 0 saturated carbocycles. The number of carbonyl (C=O) groups excluding carboxylic acids is 1. The van der Waals surface area contributed by atoms with Gasteiger partial charge in [0.05, 0.1) is 17.4 Å². The van der Waals surface area contributed by atoms with Gasteiger partial charge in [-0.25, -0.2) is 9.97 Å². The van der Waals surface area contributed by atoms with Crippen LogP contribution in [-0.4, -0.2) is 20.4 Å². The molecule has 6 nitrogen and oxygen atoms in total. The number of benzene rings is 1. The summed E-state index contributed by atoms with van der Waals surface area (Å²) in [6.45, 7) is 1.80. The summed E-state index contributed by atoms with van der Waals surface area (Å²) in [6, 6.07) is 13.0. The maximum atomic E-state index is 13.1. The number of anilines is 1. The van der Waals surface area contributed by atoms with Crippen molar-refractivity contribution >= 4 is 44.7 Å². The van der Waals surface area contributed by atoms with E-state index in [2.05, 4.69) is 15.3 Å². The molecular formula is C20H15ClN4O2S. The molecule has 1 N–H and O–H groups in total. The van der Waals surface area contributed by atoms with E-state index in [9.17, 15) is 9.59 Å². The average Bonchev–Trinajstić information content (AvgIpc) is 3.03. The minimum Gasteiger partial charge on any atom is -0.322 e. The first kappa shape index (κ1) is 18.3. The third-order valence-corrected chi connectivity index (χ3v) is 5.58. The second-order valence-corrected chi connectivity index (χ2v) is 7.71. The Morgan fingerprint density at radius 1 is 1.18 bits per heavy atom. The van der Waals surface area contributed by atoms with Gasteiger partial charge in [0.1, 0.15) is 11.4 Å². The minimum absolute atomic E-state index is 0.171. The predicted octanol–water partition coefficient (Wildman–Crippen LogP) is 4.12. The topological polar surface area (TPSA) is 76.9 Å². The SMILES string of the molecule is Cc1sc2ncn(CC(=O)Nc3cccnc3Cl)c(=O)c2c1-c1ccccc1. The maximum absolute atomic E-state index is 13.1. The van der Waals surface area contributed by atoms with Crippen LogP contribution in [0.2, 0.25) is 5.15 Å². The van der Waals surface area contributed by atoms with Gasteiger partial charge in [0, 0.05) is 16.6 Å². The fourth-order valence-electron chi connectivity index (χ4n) is 3.03. The number of amides is 1. The molecule has 0 fully saturated rings. The van der Waals surface area contributed by atoms with Crippen LogP contribution in [0, 0.1) is 6.92 Å². The van der Waals surface area contributed by atoms with E-state index < -0.39 is 0 Å². The van der Waals surface area contributed by atoms with Gasteiger partial charge < -0.3 is 5.32 Å². The highest BCUT2D eigenvalue weighted by atomic mass is 35.5. The Labute approximate surface area is 169 Å². The Hall–Kier alpha value is -3.03. The van der Waals surface area contributed by atoms with Crippen LogP contribution in [0.4, 0.5) is 5.69 Å². The van der Waals surface area contributed by atoms with E-state index in [1.165, 1.54) is 28.4 Å². The predicted molar refractivity (Wildman–Crippen MR) is 112 cm³/mol. The molecule has 4 rings (SSSR count). The van der Waals surface area contributed by atoms with Crippen LogP contribution in [0.15, 0.2) is 59.8 Å². The van der Waals surface area contributed by atoms with Gasteiger partial charge >= 0.3 is 0 Å². The molecule has 0 aliphatic carbocycles. The maximum Gasteiger partial charge on any atom is 0.263 e. The van der Waals surface area contributed by atoms with Crippen molar-refractivity contribution < 1.29 is 4.79 Å². The van der Waals surface area contributed by atoms with E-state index in [1.807, 2.05) is 37.3 Å². The van der Waals surface area contributed by atoms with Gasteiger partial charge in [-0.1, -0.05) is 41.9 Å². The van der Waals surface area contributed by atoms with E-state index in [4.69, 9.17) is 11.6 Å². The summed E-state index contributed by atoms with van der Waals surface area (Å²) < 4.78 is 1.31. The summed E-state index contributed by atoms with van der Waals surface area (Å²) in [5.74, 6) is -0.383. The van der Waals surface area contributed by atoms with E-state index >= 15 is 0 Å². The summed E-state index contributed by atoms with van der Waals surface area (Å²) in [4.78, 5) is 35.5. The quantitative estimate of drug-likeness (QED) is 0.513. The van der Waals surface area contributed by atoms with Crippen molar-refractivity contribution in [3.8, 4) is 11.1 Å². The van der Waals surface area contributed by atoms with Crippen molar-refractivity contribution in [3.05, 3.63) is 75.4 Å². The number of rotatable bonds is 4. The minimum atomic E-state index is -0.383. The van der Waals surface area contributed by atoms with Gasteiger partial charge in [-0.15, -0.1) is 11.3 Å². The number of hydrogen-bond donors (Lipinski definition) is 1. The van der Waals surface area contributed by atoms with Crippen LogP contribution in [0.5, 0.6) is 0 Å². The molecule has 0 saturated heterocycles. The van der Waals surface area contributed by atoms with Crippen molar-refractivity contribution in [2.24, 2.45) is 0 Å². The summed E-state index contributed by atoms with van der Waals surface area (Å²) in [6.07, 6.45) is 2.93. The molecule has 140 valence electrons. The number of nitrogens with one attached hydrogen (secondary N) is 1. The molecule has 0 aliphatic rings. The molecule has 1 amide bonds. The van der Waals surface area contributed by atoms with Crippen LogP contribution in [-0.2, 0) is 11.3 Å². The van der Waals surface area contributed by atoms with Gasteiger partial charge in [0.15, 0.2) is 5.15 Å². The van der Waals surface area contributed by atoms with Crippen LogP contribution in [0.25, 0.3) is 21.3 Å². The van der Waals surface area contributed by atoms with E-state index in [0.29, 0.717) is 15.9 Å². The molecule has 28 heavy (non-hydrogen) atoms. The first-order valence-corrected chi connectivity index (χ1v) is 9.68. The lowest BCUT2D eigenvalue weighted by Gasteiger charge is -2.08. The first-order valence-electron chi connectivity index (χ1n) is 8.49. The van der Waals surface area contributed by atoms with Gasteiger partial charge in [0.25, 0.3) is 5.56 Å². The molecule has 0 unspecified atom stereocenters. The molecule has 0 radical (unpaired) electrons. The van der Waals surface area contributed by atoms with Gasteiger partial charge in [0.2, 0.25) is 5.91 Å². The molecule has 1 aromatic carbocycles. The van der Waals surface area contributed by atoms with Crippen LogP contribution in [0.3, 0.4) is 0 Å². The summed E-state index contributed by atoms with van der Waals surface area (Å²) in [5.41, 5.74) is 1.96. The van der Waals surface area contributed by atoms with Gasteiger partial charge in [-0.3, -0.25) is 14.2 Å². The highest BCUT2D eigenvalue weighted by molar-refractivity contribution is 7.19. The van der Waals surface area contributed by atoms with Crippen molar-refractivity contribution in [2.45, 2.75) is 13.5 Å². The molecule has 0 bridgehead atoms. The molecule has 4 aromatic rings. The van der Waals surface area contributed by atoms with E-state index in [-0.39, 0.29) is 23.2 Å². The standard InChI is InChI=1S/C20H15ClN4O2S/c1-12-16(13-6-3-2-4-7-13)17-19(28-12)23-11-25(20(17)27)10-15(26)24-14-8-5-9-22-18(14)21/h2-9,11H,10H2,1H3,(H,24,26). The van der Waals surface area contributed by atoms with Gasteiger partial charge in [-0.2, -0.15) is 0 Å². The van der Waals surface area contributed by atoms with Crippen molar-refractivity contribution in [1.29, 1.82) is 0 Å². The molecule has 3 aromatic heterocycles. The lowest BCUT2D eigenvalue weighted by molar-refractivity contribution is -0.116. The van der Waals surface area contributed by atoms with E-state index in [0.717, 1.165) is 16.0 Å². The number of fused-ring (bicyclic) bond motifs is 1. The fourth-order valence-corrected chi connectivity index (χ4v) is 4.20. The Kier molecular flexibility index (Phi) is 4.93. The zero-order chi connectivity index (χ0) is 19.7. The highest BCUT2D eigenvalue weighted by Gasteiger charge is 2.18. The molecule has 8 heteroatoms. The van der Waals surface area contributed by atoms with E-state index in [1.54, 1.807) is 12.1 Å². The van der Waals surface area contributed by atoms with Crippen LogP contribution in [0.1, 0.15) is 4.88 Å². The average molecular weight is 411 g/mol. The lowest BCUT2D eigenvalue weighted by Crippen LogP contribution is -2.28. The second-order valence-electron chi connectivity index (χ2n) is 6.15. The Morgan fingerprint density at radius 2 is 1.96 bits per heavy atom. The summed E-state index contributed by atoms with van der Waals surface area (Å²) in [5, 5.41) is 3.39. The molecule has 3 heterocycles. The largest absolute Gasteiger partial charge is 0.322 e. The fraction of sp³-hybridized carbons (Fsp3) is 0.100. The van der Waals surface area contributed by atoms with Crippen molar-refractivity contribution in [3.63, 3.8) is 0 Å². The van der Waals surface area contributed by atoms with Crippen LogP contribution < -0.4 is 10.9 Å². The Balaban J connectivity index is 1.71. The second kappa shape index (κ2) is 7.53. The zero-order valence-corrected chi connectivity index (χ0v) is 16.4. The number of hydrogen-bond acceptors (Lipinski definition) is 5. The number of thiophene rings is 1. The first-order chi connectivity index (χ1) is 13.5. The van der Waals surface area contributed by atoms with Crippen LogP contribution >= 0.6 is 22.9 Å². The van der Waals surface area contributed by atoms with Gasteiger partial charge in [-0.05, 0) is 24.6 Å². The Bertz CT molecular complexity index is 1230. The number of nitrogens with zero attached hydrogens (tertiary/aromatic N) is 3. The zero-order valence-electron chi connectivity index (χ0n) is 14.8. The summed E-state index contributed by atoms with van der Waals surface area (Å²) in [7, 11) is 0. The number of halogens is 1. The number of aromatic nitrogens is 3. The third kappa shape index (κ3) is 3.42. The molecular weight excluding hydrogens is 396 g/mol. The normalized spacial score (nSPS) is 10.9. The molecule has 0 spiro atoms. The molecule has 0 atom stereocenters. The number of pyridine rings is 1. The van der Waals surface area contributed by atoms with Crippen molar-refractivity contribution in [1.82, 2.24) is 14.5 Å². The smallest absolute Gasteiger partial charge is 0.263 e. The number of aryl methyl sites for hydroxylation is 1. The third-order valence-electron chi connectivity index (χ3n) is 4.26. The van der Waals surface area contributed by atoms with Crippen molar-refractivity contribution in [2.75, 3.05) is 5.32 Å². The molecule has 0 aliphatic heterocycles. The lowest BCUT2D eigenvalue weighted by atomic mass is 10.0. The summed E-state index contributed by atoms with van der Waals surface area (Å²) >= 11 is 7.44. The number of carbonyl (C=O) groups is 1.